The zero-order chi connectivity index (χ0) is 17.1. The molecule has 2 N–H and O–H groups in total. The molecular weight excluding hydrogens is 312 g/mol. The van der Waals surface area contributed by atoms with Gasteiger partial charge in [-0.15, -0.1) is 0 Å². The van der Waals surface area contributed by atoms with E-state index in [2.05, 4.69) is 50.8 Å². The van der Waals surface area contributed by atoms with Crippen LogP contribution in [0.5, 0.6) is 0 Å². The molecule has 0 saturated carbocycles. The molecule has 1 amide bonds. The first kappa shape index (κ1) is 17.0. The Morgan fingerprint density at radius 3 is 2.52 bits per heavy atom. The van der Waals surface area contributed by atoms with Crippen molar-refractivity contribution in [1.29, 1.82) is 0 Å². The van der Waals surface area contributed by atoms with Crippen molar-refractivity contribution in [2.24, 2.45) is 5.41 Å². The Labute approximate surface area is 150 Å². The molecule has 1 aromatic carbocycles. The summed E-state index contributed by atoms with van der Waals surface area (Å²) in [6.45, 7) is 7.86. The molecule has 0 bridgehead atoms. The first-order chi connectivity index (χ1) is 12.2. The molecule has 25 heavy (non-hydrogen) atoms. The zero-order valence-corrected chi connectivity index (χ0v) is 15.0. The van der Waals surface area contributed by atoms with Gasteiger partial charge in [0, 0.05) is 39.3 Å². The number of carbonyl (C=O) groups excluding carboxylic acids is 1. The predicted octanol–water partition coefficient (Wildman–Crippen LogP) is 1.06. The number of nitrogens with one attached hydrogen (secondary N) is 2. The molecule has 1 aromatic rings. The number of piperidine rings is 1. The smallest absolute Gasteiger partial charge is 0.239 e. The molecule has 3 saturated heterocycles. The van der Waals surface area contributed by atoms with E-state index in [0.29, 0.717) is 11.3 Å². The highest BCUT2D eigenvalue weighted by Crippen LogP contribution is 2.37. The molecule has 3 aliphatic rings. The summed E-state index contributed by atoms with van der Waals surface area (Å²) in [6.07, 6.45) is 3.43. The molecule has 1 atom stereocenters. The number of rotatable bonds is 3. The molecule has 1 spiro atoms. The van der Waals surface area contributed by atoms with Gasteiger partial charge in [0.1, 0.15) is 0 Å². The van der Waals surface area contributed by atoms with Crippen molar-refractivity contribution in [3.8, 4) is 0 Å². The van der Waals surface area contributed by atoms with E-state index in [-0.39, 0.29) is 6.04 Å². The third kappa shape index (κ3) is 3.89. The molecule has 1 unspecified atom stereocenters. The van der Waals surface area contributed by atoms with Gasteiger partial charge in [-0.3, -0.25) is 9.69 Å². The Bertz CT molecular complexity index is 577. The first-order valence-corrected chi connectivity index (χ1v) is 9.73. The normalized spacial score (nSPS) is 26.9. The van der Waals surface area contributed by atoms with Crippen molar-refractivity contribution in [2.45, 2.75) is 31.8 Å². The quantitative estimate of drug-likeness (QED) is 0.862. The number of hydrogen-bond donors (Lipinski definition) is 2. The van der Waals surface area contributed by atoms with Crippen LogP contribution in [0.15, 0.2) is 30.3 Å². The van der Waals surface area contributed by atoms with Crippen molar-refractivity contribution in [3.63, 3.8) is 0 Å². The van der Waals surface area contributed by atoms with Gasteiger partial charge in [-0.25, -0.2) is 0 Å². The summed E-state index contributed by atoms with van der Waals surface area (Å²) < 4.78 is 0. The Morgan fingerprint density at radius 1 is 1.08 bits per heavy atom. The van der Waals surface area contributed by atoms with E-state index in [0.717, 1.165) is 58.8 Å². The van der Waals surface area contributed by atoms with E-state index in [4.69, 9.17) is 0 Å². The lowest BCUT2D eigenvalue weighted by molar-refractivity contribution is -0.135. The molecule has 5 heteroatoms. The van der Waals surface area contributed by atoms with Gasteiger partial charge in [0.2, 0.25) is 5.91 Å². The van der Waals surface area contributed by atoms with Crippen LogP contribution in [-0.4, -0.2) is 67.6 Å². The minimum atomic E-state index is 0.0405. The third-order valence-corrected chi connectivity index (χ3v) is 6.26. The largest absolute Gasteiger partial charge is 0.339 e. The summed E-state index contributed by atoms with van der Waals surface area (Å²) in [5.74, 6) is 0.328. The van der Waals surface area contributed by atoms with E-state index in [9.17, 15) is 4.79 Å². The average Bonchev–Trinajstić information content (AvgIpc) is 3.06. The second-order valence-corrected chi connectivity index (χ2v) is 7.97. The number of carbonyl (C=O) groups is 1. The molecule has 136 valence electrons. The molecule has 3 fully saturated rings. The molecule has 3 aliphatic heterocycles. The highest BCUT2D eigenvalue weighted by Gasteiger charge is 2.43. The molecule has 5 nitrogen and oxygen atoms in total. The standard InChI is InChI=1S/C20H30N4O/c25-19(18-14-20(16-22-18)6-8-21-9-7-20)24-12-10-23(11-13-24)15-17-4-2-1-3-5-17/h1-5,18,21-22H,6-16H2. The van der Waals surface area contributed by atoms with Crippen LogP contribution in [0.1, 0.15) is 24.8 Å². The van der Waals surface area contributed by atoms with Crippen molar-refractivity contribution >= 4 is 5.91 Å². The SMILES string of the molecule is O=C(C1CC2(CCNCC2)CN1)N1CCN(Cc2ccccc2)CC1. The van der Waals surface area contributed by atoms with Crippen LogP contribution in [0.2, 0.25) is 0 Å². The molecule has 4 rings (SSSR count). The number of piperazine rings is 1. The van der Waals surface area contributed by atoms with Crippen molar-refractivity contribution in [2.75, 3.05) is 45.8 Å². The van der Waals surface area contributed by atoms with E-state index >= 15 is 0 Å². The number of amides is 1. The third-order valence-electron chi connectivity index (χ3n) is 6.26. The summed E-state index contributed by atoms with van der Waals surface area (Å²) in [7, 11) is 0. The summed E-state index contributed by atoms with van der Waals surface area (Å²) in [4.78, 5) is 17.5. The second kappa shape index (κ2) is 7.44. The number of benzene rings is 1. The van der Waals surface area contributed by atoms with Crippen LogP contribution in [-0.2, 0) is 11.3 Å². The summed E-state index contributed by atoms with van der Waals surface area (Å²) in [6, 6.07) is 10.6. The van der Waals surface area contributed by atoms with Crippen molar-refractivity contribution < 1.29 is 4.79 Å². The van der Waals surface area contributed by atoms with Crippen molar-refractivity contribution in [1.82, 2.24) is 20.4 Å². The minimum absolute atomic E-state index is 0.0405. The highest BCUT2D eigenvalue weighted by atomic mass is 16.2. The average molecular weight is 342 g/mol. The Kier molecular flexibility index (Phi) is 5.06. The van der Waals surface area contributed by atoms with Crippen LogP contribution in [0.4, 0.5) is 0 Å². The molecule has 0 aliphatic carbocycles. The van der Waals surface area contributed by atoms with Gasteiger partial charge in [-0.2, -0.15) is 0 Å². The lowest BCUT2D eigenvalue weighted by atomic mass is 9.77. The van der Waals surface area contributed by atoms with E-state index < -0.39 is 0 Å². The Balaban J connectivity index is 1.27. The molecule has 3 heterocycles. The highest BCUT2D eigenvalue weighted by molar-refractivity contribution is 5.82. The topological polar surface area (TPSA) is 47.6 Å². The van der Waals surface area contributed by atoms with Gasteiger partial charge >= 0.3 is 0 Å². The Morgan fingerprint density at radius 2 is 1.80 bits per heavy atom. The maximum absolute atomic E-state index is 12.9. The number of nitrogens with zero attached hydrogens (tertiary/aromatic N) is 2. The number of hydrogen-bond acceptors (Lipinski definition) is 4. The second-order valence-electron chi connectivity index (χ2n) is 7.97. The lowest BCUT2D eigenvalue weighted by Crippen LogP contribution is -2.52. The predicted molar refractivity (Wildman–Crippen MR) is 99.2 cm³/mol. The maximum Gasteiger partial charge on any atom is 0.239 e. The summed E-state index contributed by atoms with van der Waals surface area (Å²) in [5.41, 5.74) is 1.72. The zero-order valence-electron chi connectivity index (χ0n) is 15.0. The molecular formula is C20H30N4O. The van der Waals surface area contributed by atoms with E-state index in [1.165, 1.54) is 18.4 Å². The van der Waals surface area contributed by atoms with Crippen LogP contribution in [0, 0.1) is 5.41 Å². The summed E-state index contributed by atoms with van der Waals surface area (Å²) >= 11 is 0. The first-order valence-electron chi connectivity index (χ1n) is 9.73. The van der Waals surface area contributed by atoms with Crippen molar-refractivity contribution in [3.05, 3.63) is 35.9 Å². The van der Waals surface area contributed by atoms with Crippen LogP contribution in [0.25, 0.3) is 0 Å². The summed E-state index contributed by atoms with van der Waals surface area (Å²) in [5, 5.41) is 6.97. The maximum atomic E-state index is 12.9. The van der Waals surface area contributed by atoms with E-state index in [1.807, 2.05) is 0 Å². The monoisotopic (exact) mass is 342 g/mol. The van der Waals surface area contributed by atoms with Crippen LogP contribution >= 0.6 is 0 Å². The van der Waals surface area contributed by atoms with Crippen LogP contribution in [0.3, 0.4) is 0 Å². The molecule has 0 aromatic heterocycles. The van der Waals surface area contributed by atoms with Gasteiger partial charge in [-0.05, 0) is 43.3 Å². The minimum Gasteiger partial charge on any atom is -0.339 e. The van der Waals surface area contributed by atoms with Gasteiger partial charge in [0.25, 0.3) is 0 Å². The van der Waals surface area contributed by atoms with Gasteiger partial charge in [-0.1, -0.05) is 30.3 Å². The fraction of sp³-hybridized carbons (Fsp3) is 0.650. The van der Waals surface area contributed by atoms with Crippen LogP contribution < -0.4 is 10.6 Å². The molecule has 0 radical (unpaired) electrons. The Hall–Kier alpha value is -1.43. The van der Waals surface area contributed by atoms with E-state index in [1.54, 1.807) is 0 Å². The lowest BCUT2D eigenvalue weighted by Gasteiger charge is -2.36. The van der Waals surface area contributed by atoms with Gasteiger partial charge in [0.15, 0.2) is 0 Å². The fourth-order valence-corrected chi connectivity index (χ4v) is 4.62. The fourth-order valence-electron chi connectivity index (χ4n) is 4.62. The van der Waals surface area contributed by atoms with Gasteiger partial charge < -0.3 is 15.5 Å². The van der Waals surface area contributed by atoms with Gasteiger partial charge in [0.05, 0.1) is 6.04 Å².